The van der Waals surface area contributed by atoms with Crippen molar-refractivity contribution in [3.8, 4) is 0 Å². The number of hydrogen-bond acceptors (Lipinski definition) is 5. The maximum atomic E-state index is 11.2. The zero-order valence-corrected chi connectivity index (χ0v) is 13.6. The highest BCUT2D eigenvalue weighted by Crippen LogP contribution is 2.31. The summed E-state index contributed by atoms with van der Waals surface area (Å²) in [6.07, 6.45) is 1.32. The highest BCUT2D eigenvalue weighted by molar-refractivity contribution is 5.95. The first kappa shape index (κ1) is 18.1. The van der Waals surface area contributed by atoms with Gasteiger partial charge in [-0.25, -0.2) is 4.98 Å². The molecule has 22 heavy (non-hydrogen) atoms. The first-order valence-electron chi connectivity index (χ1n) is 7.15. The maximum absolute atomic E-state index is 11.2. The number of likely N-dealkylation sites (N-methyl/N-ethyl adjacent to an activating group) is 1. The lowest BCUT2D eigenvalue weighted by Gasteiger charge is -2.18. The Hall–Kier alpha value is -1.92. The van der Waals surface area contributed by atoms with Crippen LogP contribution in [-0.4, -0.2) is 41.0 Å². The lowest BCUT2D eigenvalue weighted by Crippen LogP contribution is -2.28. The van der Waals surface area contributed by atoms with Crippen molar-refractivity contribution in [1.29, 1.82) is 0 Å². The van der Waals surface area contributed by atoms with Crippen LogP contribution in [-0.2, 0) is 0 Å². The van der Waals surface area contributed by atoms with E-state index in [1.807, 2.05) is 24.3 Å². The van der Waals surface area contributed by atoms with E-state index in [0.717, 1.165) is 30.5 Å². The molecule has 120 valence electrons. The van der Waals surface area contributed by atoms with Crippen molar-refractivity contribution in [2.45, 2.75) is 13.8 Å². The van der Waals surface area contributed by atoms with E-state index in [1.54, 1.807) is 0 Å². The van der Waals surface area contributed by atoms with E-state index in [-0.39, 0.29) is 23.0 Å². The molecule has 0 bridgehead atoms. The molecule has 0 aliphatic heterocycles. The second-order valence-electron chi connectivity index (χ2n) is 4.75. The lowest BCUT2D eigenvalue weighted by atomic mass is 10.1. The fraction of sp³-hybridized carbons (Fsp3) is 0.400. The molecule has 0 amide bonds. The Morgan fingerprint density at radius 3 is 2.59 bits per heavy atom. The number of fused-ring (bicyclic) bond motifs is 1. The molecule has 0 radical (unpaired) electrons. The number of anilines is 1. The van der Waals surface area contributed by atoms with Crippen molar-refractivity contribution >= 4 is 34.7 Å². The Labute approximate surface area is 136 Å². The Bertz CT molecular complexity index is 632. The fourth-order valence-corrected chi connectivity index (χ4v) is 2.33. The maximum Gasteiger partial charge on any atom is 0.311 e. The van der Waals surface area contributed by atoms with Crippen LogP contribution >= 0.6 is 12.4 Å². The van der Waals surface area contributed by atoms with Crippen LogP contribution in [0, 0.1) is 10.1 Å². The molecule has 2 rings (SSSR count). The van der Waals surface area contributed by atoms with Crippen LogP contribution in [0.1, 0.15) is 13.8 Å². The zero-order chi connectivity index (χ0) is 15.2. The Morgan fingerprint density at radius 2 is 1.95 bits per heavy atom. The van der Waals surface area contributed by atoms with E-state index in [1.165, 1.54) is 6.20 Å². The van der Waals surface area contributed by atoms with Gasteiger partial charge in [-0.3, -0.25) is 10.1 Å². The number of nitrogens with one attached hydrogen (secondary N) is 1. The lowest BCUT2D eigenvalue weighted by molar-refractivity contribution is -0.384. The molecule has 2 aromatic rings. The largest absolute Gasteiger partial charge is 0.378 e. The van der Waals surface area contributed by atoms with Gasteiger partial charge in [0.15, 0.2) is 0 Å². The number of halogens is 1. The molecule has 1 N–H and O–H groups in total. The molecule has 1 aromatic carbocycles. The predicted molar refractivity (Wildman–Crippen MR) is 91.9 cm³/mol. The van der Waals surface area contributed by atoms with E-state index in [4.69, 9.17) is 0 Å². The fourth-order valence-electron chi connectivity index (χ4n) is 2.33. The average Bonchev–Trinajstić information content (AvgIpc) is 2.51. The summed E-state index contributed by atoms with van der Waals surface area (Å²) >= 11 is 0. The number of nitro groups is 1. The summed E-state index contributed by atoms with van der Waals surface area (Å²) in [6.45, 7) is 7.66. The predicted octanol–water partition coefficient (Wildman–Crippen LogP) is 3.32. The SMILES string of the molecule is CCN(CC)CCNc1c([N+](=O)[O-])cnc2ccccc12.Cl. The smallest absolute Gasteiger partial charge is 0.311 e. The van der Waals surface area contributed by atoms with Crippen LogP contribution in [0.5, 0.6) is 0 Å². The molecule has 0 saturated heterocycles. The van der Waals surface area contributed by atoms with Crippen molar-refractivity contribution in [2.24, 2.45) is 0 Å². The third kappa shape index (κ3) is 4.05. The number of hydrogen-bond donors (Lipinski definition) is 1. The molecule has 0 saturated carbocycles. The number of para-hydroxylation sites is 1. The van der Waals surface area contributed by atoms with Gasteiger partial charge in [0.05, 0.1) is 10.4 Å². The quantitative estimate of drug-likeness (QED) is 0.625. The molecule has 0 unspecified atom stereocenters. The summed E-state index contributed by atoms with van der Waals surface area (Å²) < 4.78 is 0. The molecule has 0 aliphatic rings. The third-order valence-electron chi connectivity index (χ3n) is 3.58. The van der Waals surface area contributed by atoms with Gasteiger partial charge in [0.25, 0.3) is 0 Å². The molecule has 6 nitrogen and oxygen atoms in total. The summed E-state index contributed by atoms with van der Waals surface area (Å²) in [5.41, 5.74) is 1.33. The molecule has 7 heteroatoms. The summed E-state index contributed by atoms with van der Waals surface area (Å²) in [6, 6.07) is 7.45. The Kier molecular flexibility index (Phi) is 7.01. The summed E-state index contributed by atoms with van der Waals surface area (Å²) in [5.74, 6) is 0. The van der Waals surface area contributed by atoms with Crippen LogP contribution in [0.3, 0.4) is 0 Å². The van der Waals surface area contributed by atoms with Crippen LogP contribution < -0.4 is 5.32 Å². The third-order valence-corrected chi connectivity index (χ3v) is 3.58. The Morgan fingerprint density at radius 1 is 1.27 bits per heavy atom. The number of rotatable bonds is 7. The monoisotopic (exact) mass is 324 g/mol. The van der Waals surface area contributed by atoms with E-state index in [0.29, 0.717) is 12.2 Å². The number of pyridine rings is 1. The molecule has 0 spiro atoms. The van der Waals surface area contributed by atoms with Crippen molar-refractivity contribution in [1.82, 2.24) is 9.88 Å². The van der Waals surface area contributed by atoms with E-state index >= 15 is 0 Å². The van der Waals surface area contributed by atoms with E-state index in [2.05, 4.69) is 29.0 Å². The van der Waals surface area contributed by atoms with Gasteiger partial charge in [-0.15, -0.1) is 12.4 Å². The van der Waals surface area contributed by atoms with Crippen LogP contribution in [0.25, 0.3) is 10.9 Å². The van der Waals surface area contributed by atoms with Gasteiger partial charge in [0.2, 0.25) is 0 Å². The van der Waals surface area contributed by atoms with Gasteiger partial charge in [0, 0.05) is 18.5 Å². The number of nitrogens with zero attached hydrogens (tertiary/aromatic N) is 3. The molecule has 1 heterocycles. The van der Waals surface area contributed by atoms with Crippen molar-refractivity contribution in [3.05, 3.63) is 40.6 Å². The van der Waals surface area contributed by atoms with Crippen molar-refractivity contribution in [2.75, 3.05) is 31.5 Å². The highest BCUT2D eigenvalue weighted by Gasteiger charge is 2.17. The molecule has 1 aromatic heterocycles. The van der Waals surface area contributed by atoms with Crippen LogP contribution in [0.2, 0.25) is 0 Å². The second kappa shape index (κ2) is 8.51. The van der Waals surface area contributed by atoms with Gasteiger partial charge in [-0.05, 0) is 19.2 Å². The average molecular weight is 325 g/mol. The topological polar surface area (TPSA) is 71.3 Å². The van der Waals surface area contributed by atoms with Crippen molar-refractivity contribution < 1.29 is 4.92 Å². The minimum atomic E-state index is -0.390. The summed E-state index contributed by atoms with van der Waals surface area (Å²) in [7, 11) is 0. The van der Waals surface area contributed by atoms with E-state index < -0.39 is 0 Å². The molecule has 0 atom stereocenters. The minimum absolute atomic E-state index is 0. The molecule has 0 aliphatic carbocycles. The first-order valence-corrected chi connectivity index (χ1v) is 7.15. The standard InChI is InChI=1S/C15H20N4O2.ClH/c1-3-18(4-2)10-9-16-15-12-7-5-6-8-13(12)17-11-14(15)19(20)21;/h5-8,11H,3-4,9-10H2,1-2H3,(H,16,17);1H. The number of benzene rings is 1. The first-order chi connectivity index (χ1) is 10.2. The summed E-state index contributed by atoms with van der Waals surface area (Å²) in [4.78, 5) is 17.2. The normalized spacial score (nSPS) is 10.5. The van der Waals surface area contributed by atoms with Gasteiger partial charge in [-0.2, -0.15) is 0 Å². The van der Waals surface area contributed by atoms with Gasteiger partial charge in [-0.1, -0.05) is 32.0 Å². The molecular formula is C15H21ClN4O2. The van der Waals surface area contributed by atoms with Crippen molar-refractivity contribution in [3.63, 3.8) is 0 Å². The van der Waals surface area contributed by atoms with E-state index in [9.17, 15) is 10.1 Å². The van der Waals surface area contributed by atoms with Gasteiger partial charge in [0.1, 0.15) is 11.9 Å². The van der Waals surface area contributed by atoms with Crippen LogP contribution in [0.4, 0.5) is 11.4 Å². The Balaban J connectivity index is 0.00000242. The number of aromatic nitrogens is 1. The summed E-state index contributed by atoms with van der Waals surface area (Å²) in [5, 5.41) is 15.2. The van der Waals surface area contributed by atoms with Gasteiger partial charge >= 0.3 is 5.69 Å². The van der Waals surface area contributed by atoms with Crippen LogP contribution in [0.15, 0.2) is 30.5 Å². The second-order valence-corrected chi connectivity index (χ2v) is 4.75. The molecule has 0 fully saturated rings. The highest BCUT2D eigenvalue weighted by atomic mass is 35.5. The minimum Gasteiger partial charge on any atom is -0.378 e. The zero-order valence-electron chi connectivity index (χ0n) is 12.8. The van der Waals surface area contributed by atoms with Gasteiger partial charge < -0.3 is 10.2 Å². The molecular weight excluding hydrogens is 304 g/mol.